The Balaban J connectivity index is 4.66. The summed E-state index contributed by atoms with van der Waals surface area (Å²) in [4.78, 5) is 20.1. The second-order valence-electron chi connectivity index (χ2n) is 6.21. The first-order valence-corrected chi connectivity index (χ1v) is 12.9. The van der Waals surface area contributed by atoms with Crippen molar-refractivity contribution in [2.75, 3.05) is 13.2 Å². The van der Waals surface area contributed by atoms with E-state index in [1.165, 1.54) is 6.92 Å². The van der Waals surface area contributed by atoms with Crippen LogP contribution in [0.4, 0.5) is 0 Å². The van der Waals surface area contributed by atoms with Crippen LogP contribution in [0.2, 0.25) is 0 Å². The minimum absolute atomic E-state index is 0.0854. The van der Waals surface area contributed by atoms with Gasteiger partial charge in [-0.25, -0.2) is 4.57 Å². The van der Waals surface area contributed by atoms with Gasteiger partial charge in [0.2, 0.25) is 5.91 Å². The van der Waals surface area contributed by atoms with Crippen LogP contribution >= 0.6 is 7.60 Å². The highest BCUT2D eigenvalue weighted by atomic mass is 31.2. The summed E-state index contributed by atoms with van der Waals surface area (Å²) in [6, 6.07) is 0. The maximum atomic E-state index is 11.6. The summed E-state index contributed by atoms with van der Waals surface area (Å²) in [5, 5.41) is 2.41. The van der Waals surface area contributed by atoms with Crippen LogP contribution < -0.4 is 5.32 Å². The molecule has 0 aromatic carbocycles. The second kappa shape index (κ2) is 25.8. The maximum absolute atomic E-state index is 11.6. The van der Waals surface area contributed by atoms with Gasteiger partial charge in [0.25, 0.3) is 0 Å². The minimum Gasteiger partial charge on any atom is -0.354 e. The van der Waals surface area contributed by atoms with Gasteiger partial charge in [0, 0.05) is 54.7 Å². The quantitative estimate of drug-likeness (QED) is 0.235. The molecule has 0 aliphatic carbocycles. The van der Waals surface area contributed by atoms with E-state index >= 15 is 0 Å². The molecule has 1 unspecified atom stereocenters. The zero-order valence-electron chi connectivity index (χ0n) is 22.4. The van der Waals surface area contributed by atoms with Gasteiger partial charge in [0.1, 0.15) is 0 Å². The SMILES string of the molecule is C=C=C=C=C=C(C#CC#CC#CC#CC#CC#CC#CC#CC#CC#CC#CC#CP(=O)(O)OCCNC(C)=O)CC. The third-order valence-electron chi connectivity index (χ3n) is 3.18. The standard InChI is InChI=1S/C36H16NO4P/c1-4-6-27-30-36(5-2)31-28-25-23-21-19-17-15-13-11-9-7-8-10-12-14-16-18-20-22-24-26-29-34-42(39,40)41-33-32-37-35(3)38/h1,5,32-33H2,2-3H3,(H,37,38)(H,39,40). The Morgan fingerprint density at radius 1 is 0.714 bits per heavy atom. The first-order valence-electron chi connectivity index (χ1n) is 11.3. The van der Waals surface area contributed by atoms with Crippen LogP contribution in [0.5, 0.6) is 0 Å². The fourth-order valence-corrected chi connectivity index (χ4v) is 2.22. The molecule has 0 aromatic heterocycles. The molecular weight excluding hydrogens is 541 g/mol. The number of rotatable bonds is 5. The zero-order valence-corrected chi connectivity index (χ0v) is 23.3. The molecule has 6 heteroatoms. The number of nitrogens with one attached hydrogen (secondary N) is 1. The molecule has 0 saturated heterocycles. The van der Waals surface area contributed by atoms with E-state index in [1.54, 1.807) is 0 Å². The average Bonchev–Trinajstić information content (AvgIpc) is 2.96. The summed E-state index contributed by atoms with van der Waals surface area (Å²) in [6.45, 7) is 6.54. The fourth-order valence-electron chi connectivity index (χ4n) is 1.62. The number of carbonyl (C=O) groups excluding carboxylic acids is 1. The topological polar surface area (TPSA) is 75.6 Å². The van der Waals surface area contributed by atoms with Gasteiger partial charge in [-0.2, -0.15) is 0 Å². The van der Waals surface area contributed by atoms with Crippen molar-refractivity contribution >= 4 is 13.5 Å². The molecule has 0 spiro atoms. The highest BCUT2D eigenvalue weighted by Crippen LogP contribution is 2.39. The van der Waals surface area contributed by atoms with Gasteiger partial charge in [0.05, 0.1) is 12.2 Å². The van der Waals surface area contributed by atoms with Crippen LogP contribution in [0.25, 0.3) is 0 Å². The van der Waals surface area contributed by atoms with E-state index in [2.05, 4.69) is 176 Å². The van der Waals surface area contributed by atoms with Crippen molar-refractivity contribution in [1.82, 2.24) is 5.32 Å². The van der Waals surface area contributed by atoms with E-state index in [9.17, 15) is 14.3 Å². The average molecular weight is 558 g/mol. The molecule has 0 bridgehead atoms. The lowest BCUT2D eigenvalue weighted by atomic mass is 10.2. The molecule has 0 fully saturated rings. The molecule has 0 aliphatic rings. The van der Waals surface area contributed by atoms with Crippen LogP contribution in [0.1, 0.15) is 20.3 Å². The molecule has 5 nitrogen and oxygen atoms in total. The van der Waals surface area contributed by atoms with Crippen molar-refractivity contribution in [3.8, 4) is 142 Å². The van der Waals surface area contributed by atoms with Gasteiger partial charge >= 0.3 is 7.60 Å². The van der Waals surface area contributed by atoms with E-state index < -0.39 is 7.60 Å². The Morgan fingerprint density at radius 3 is 1.50 bits per heavy atom. The summed E-state index contributed by atoms with van der Waals surface area (Å²) in [5.74, 6) is 56.6. The zero-order chi connectivity index (χ0) is 31.0. The Morgan fingerprint density at radius 2 is 1.12 bits per heavy atom. The molecule has 0 heterocycles. The molecule has 0 rings (SSSR count). The van der Waals surface area contributed by atoms with Gasteiger partial charge in [-0.1, -0.05) is 12.7 Å². The first-order chi connectivity index (χ1) is 20.4. The van der Waals surface area contributed by atoms with Crippen molar-refractivity contribution in [1.29, 1.82) is 0 Å². The lowest BCUT2D eigenvalue weighted by Crippen LogP contribution is -2.23. The van der Waals surface area contributed by atoms with E-state index in [0.717, 1.165) is 5.57 Å². The molecule has 0 aromatic rings. The summed E-state index contributed by atoms with van der Waals surface area (Å²) in [5.41, 5.74) is 13.1. The second-order valence-corrected chi connectivity index (χ2v) is 7.73. The Labute approximate surface area is 247 Å². The molecule has 1 amide bonds. The Hall–Kier alpha value is -6.80. The summed E-state index contributed by atoms with van der Waals surface area (Å²) in [7, 11) is -4.12. The predicted molar refractivity (Wildman–Crippen MR) is 161 cm³/mol. The van der Waals surface area contributed by atoms with E-state index in [4.69, 9.17) is 0 Å². The van der Waals surface area contributed by atoms with Gasteiger partial charge in [-0.15, -0.1) is 0 Å². The normalized spacial score (nSPS) is 7.50. The predicted octanol–water partition coefficient (Wildman–Crippen LogP) is 1.91. The minimum atomic E-state index is -4.12. The largest absolute Gasteiger partial charge is 0.404 e. The van der Waals surface area contributed by atoms with Crippen LogP contribution in [0.15, 0.2) is 35.1 Å². The van der Waals surface area contributed by atoms with Crippen LogP contribution in [0.3, 0.4) is 0 Å². The number of carbonyl (C=O) groups is 1. The fraction of sp³-hybridized carbons (Fsp3) is 0.139. The van der Waals surface area contributed by atoms with Gasteiger partial charge in [0.15, 0.2) is 0 Å². The van der Waals surface area contributed by atoms with Crippen LogP contribution in [-0.4, -0.2) is 24.0 Å². The van der Waals surface area contributed by atoms with Gasteiger partial charge in [-0.05, 0) is 131 Å². The number of hydrogen-bond acceptors (Lipinski definition) is 3. The number of allylic oxidation sites excluding steroid dienone is 1. The van der Waals surface area contributed by atoms with Gasteiger partial charge in [-0.3, -0.25) is 9.32 Å². The van der Waals surface area contributed by atoms with E-state index in [-0.39, 0.29) is 19.1 Å². The highest BCUT2D eigenvalue weighted by Gasteiger charge is 2.14. The lowest BCUT2D eigenvalue weighted by Gasteiger charge is -2.05. The molecule has 0 aliphatic heterocycles. The molecule has 0 saturated carbocycles. The molecule has 0 radical (unpaired) electrons. The molecule has 194 valence electrons. The van der Waals surface area contributed by atoms with Gasteiger partial charge < -0.3 is 10.2 Å². The van der Waals surface area contributed by atoms with E-state index in [0.29, 0.717) is 6.42 Å². The van der Waals surface area contributed by atoms with Crippen molar-refractivity contribution in [2.24, 2.45) is 0 Å². The van der Waals surface area contributed by atoms with Crippen molar-refractivity contribution < 1.29 is 18.8 Å². The lowest BCUT2D eigenvalue weighted by molar-refractivity contribution is -0.119. The third-order valence-corrected chi connectivity index (χ3v) is 4.11. The molecule has 42 heavy (non-hydrogen) atoms. The van der Waals surface area contributed by atoms with E-state index in [1.807, 2.05) is 12.6 Å². The van der Waals surface area contributed by atoms with Crippen LogP contribution in [0, 0.1) is 142 Å². The van der Waals surface area contributed by atoms with Crippen molar-refractivity contribution in [2.45, 2.75) is 20.3 Å². The Kier molecular flexibility index (Phi) is 21.7. The number of hydrogen-bond donors (Lipinski definition) is 2. The maximum Gasteiger partial charge on any atom is 0.404 e. The van der Waals surface area contributed by atoms with Crippen molar-refractivity contribution in [3.05, 3.63) is 35.1 Å². The molecular formula is C36H16NO4P. The molecule has 1 atom stereocenters. The third kappa shape index (κ3) is 26.3. The van der Waals surface area contributed by atoms with Crippen molar-refractivity contribution in [3.63, 3.8) is 0 Å². The molecule has 2 N–H and O–H groups in total. The van der Waals surface area contributed by atoms with Crippen LogP contribution in [-0.2, 0) is 13.9 Å². The monoisotopic (exact) mass is 557 g/mol. The summed E-state index contributed by atoms with van der Waals surface area (Å²) >= 11 is 0. The smallest absolute Gasteiger partial charge is 0.354 e. The summed E-state index contributed by atoms with van der Waals surface area (Å²) < 4.78 is 16.3. The highest BCUT2D eigenvalue weighted by molar-refractivity contribution is 7.58. The first kappa shape index (κ1) is 35.2. The summed E-state index contributed by atoms with van der Waals surface area (Å²) in [6.07, 6.45) is 0.683. The number of amides is 1. The Bertz CT molecular complexity index is 2070.